The van der Waals surface area contributed by atoms with Gasteiger partial charge in [0.15, 0.2) is 21.2 Å². The van der Waals surface area contributed by atoms with Crippen molar-refractivity contribution < 1.29 is 22.7 Å². The number of aryl methyl sites for hydroxylation is 2. The van der Waals surface area contributed by atoms with Gasteiger partial charge in [0.05, 0.1) is 24.1 Å². The number of benzene rings is 2. The van der Waals surface area contributed by atoms with Gasteiger partial charge < -0.3 is 9.47 Å². The minimum Gasteiger partial charge on any atom is -0.496 e. The summed E-state index contributed by atoms with van der Waals surface area (Å²) in [6.07, 6.45) is 0.366. The van der Waals surface area contributed by atoms with Crippen LogP contribution in [-0.4, -0.2) is 38.7 Å². The van der Waals surface area contributed by atoms with Gasteiger partial charge in [-0.05, 0) is 62.1 Å². The van der Waals surface area contributed by atoms with Crippen molar-refractivity contribution in [3.05, 3.63) is 65.4 Å². The molecule has 4 rings (SSSR count). The van der Waals surface area contributed by atoms with Crippen molar-refractivity contribution in [2.45, 2.75) is 44.6 Å². The molecule has 1 aliphatic rings. The Bertz CT molecular complexity index is 1350. The zero-order valence-electron chi connectivity index (χ0n) is 19.6. The molecule has 174 valence electrons. The van der Waals surface area contributed by atoms with Crippen molar-refractivity contribution in [1.29, 1.82) is 0 Å². The second-order valence-corrected chi connectivity index (χ2v) is 11.6. The number of Topliss-reactive ketones (excluding diaryl/α,β-unsaturated/α-hetero) is 1. The summed E-state index contributed by atoms with van der Waals surface area (Å²) in [5.41, 5.74) is 1.19. The lowest BCUT2D eigenvalue weighted by Crippen LogP contribution is -2.40. The molecule has 1 fully saturated rings. The number of hydrogen-bond acceptors (Lipinski definition) is 6. The van der Waals surface area contributed by atoms with E-state index in [9.17, 15) is 13.2 Å². The number of methoxy groups -OCH3 is 1. The molecule has 0 saturated carbocycles. The van der Waals surface area contributed by atoms with Gasteiger partial charge in [-0.1, -0.05) is 31.5 Å². The first-order valence-corrected chi connectivity index (χ1v) is 12.5. The largest absolute Gasteiger partial charge is 0.496 e. The lowest BCUT2D eigenvalue weighted by Gasteiger charge is -2.30. The molecule has 1 atom stereocenters. The van der Waals surface area contributed by atoms with Gasteiger partial charge in [-0.2, -0.15) is 0 Å². The summed E-state index contributed by atoms with van der Waals surface area (Å²) in [7, 11) is -2.42. The van der Waals surface area contributed by atoms with Gasteiger partial charge in [0.1, 0.15) is 11.5 Å². The normalized spacial score (nSPS) is 20.2. The molecular weight excluding hydrogens is 438 g/mol. The predicted octanol–water partition coefficient (Wildman–Crippen LogP) is 4.55. The van der Waals surface area contributed by atoms with Crippen LogP contribution >= 0.6 is 0 Å². The Morgan fingerprint density at radius 2 is 1.88 bits per heavy atom. The SMILES string of the molecule is COc1ccc(C)cc1[C@@]1(C(=O)CS(=O)(=O)c2cccc3nc(C)ccc23)CC(C)(C)CO1. The number of rotatable bonds is 6. The van der Waals surface area contributed by atoms with Gasteiger partial charge in [0.2, 0.25) is 0 Å². The molecule has 1 aromatic heterocycles. The first-order chi connectivity index (χ1) is 15.5. The van der Waals surface area contributed by atoms with E-state index in [0.717, 1.165) is 11.3 Å². The summed E-state index contributed by atoms with van der Waals surface area (Å²) in [6.45, 7) is 8.13. The van der Waals surface area contributed by atoms with Gasteiger partial charge in [-0.25, -0.2) is 8.42 Å². The number of fused-ring (bicyclic) bond motifs is 1. The van der Waals surface area contributed by atoms with E-state index in [2.05, 4.69) is 4.98 Å². The maximum Gasteiger partial charge on any atom is 0.186 e. The molecule has 1 aliphatic heterocycles. The van der Waals surface area contributed by atoms with E-state index in [1.807, 2.05) is 39.8 Å². The first kappa shape index (κ1) is 23.4. The van der Waals surface area contributed by atoms with Crippen molar-refractivity contribution in [1.82, 2.24) is 4.98 Å². The number of hydrogen-bond donors (Lipinski definition) is 0. The Hall–Kier alpha value is -2.77. The van der Waals surface area contributed by atoms with Crippen LogP contribution in [-0.2, 0) is 25.0 Å². The van der Waals surface area contributed by atoms with Crippen LogP contribution in [0.5, 0.6) is 5.75 Å². The van der Waals surface area contributed by atoms with Gasteiger partial charge in [-0.3, -0.25) is 9.78 Å². The molecule has 2 heterocycles. The second kappa shape index (κ2) is 8.22. The van der Waals surface area contributed by atoms with Gasteiger partial charge in [0, 0.05) is 16.6 Å². The second-order valence-electron chi connectivity index (χ2n) is 9.62. The maximum absolute atomic E-state index is 13.8. The van der Waals surface area contributed by atoms with Crippen LogP contribution < -0.4 is 4.74 Å². The highest BCUT2D eigenvalue weighted by molar-refractivity contribution is 7.92. The molecule has 0 radical (unpaired) electrons. The van der Waals surface area contributed by atoms with Crippen LogP contribution in [0.2, 0.25) is 0 Å². The van der Waals surface area contributed by atoms with Crippen molar-refractivity contribution in [3.8, 4) is 5.75 Å². The van der Waals surface area contributed by atoms with Crippen LogP contribution in [0.4, 0.5) is 0 Å². The third-order valence-electron chi connectivity index (χ3n) is 6.16. The smallest absolute Gasteiger partial charge is 0.186 e. The molecule has 2 aromatic carbocycles. The van der Waals surface area contributed by atoms with E-state index in [4.69, 9.17) is 9.47 Å². The Labute approximate surface area is 194 Å². The van der Waals surface area contributed by atoms with Gasteiger partial charge in [-0.15, -0.1) is 0 Å². The zero-order valence-corrected chi connectivity index (χ0v) is 20.5. The summed E-state index contributed by atoms with van der Waals surface area (Å²) in [6, 6.07) is 14.0. The molecule has 0 amide bonds. The predicted molar refractivity (Wildman–Crippen MR) is 127 cm³/mol. The molecule has 0 N–H and O–H groups in total. The van der Waals surface area contributed by atoms with Gasteiger partial charge >= 0.3 is 0 Å². The molecule has 3 aromatic rings. The maximum atomic E-state index is 13.8. The Morgan fingerprint density at radius 3 is 2.55 bits per heavy atom. The quantitative estimate of drug-likeness (QED) is 0.529. The van der Waals surface area contributed by atoms with Crippen molar-refractivity contribution >= 4 is 26.5 Å². The number of sulfone groups is 1. The summed E-state index contributed by atoms with van der Waals surface area (Å²) in [4.78, 5) is 18.4. The van der Waals surface area contributed by atoms with E-state index in [1.165, 1.54) is 13.2 Å². The fourth-order valence-electron chi connectivity index (χ4n) is 4.60. The minimum absolute atomic E-state index is 0.101. The molecule has 7 heteroatoms. The van der Waals surface area contributed by atoms with E-state index in [-0.39, 0.29) is 10.3 Å². The number of nitrogens with zero attached hydrogens (tertiary/aromatic N) is 1. The number of pyridine rings is 1. The number of ether oxygens (including phenoxy) is 2. The number of carbonyl (C=O) groups is 1. The first-order valence-electron chi connectivity index (χ1n) is 10.9. The Kier molecular flexibility index (Phi) is 5.83. The summed E-state index contributed by atoms with van der Waals surface area (Å²) < 4.78 is 38.8. The van der Waals surface area contributed by atoms with E-state index >= 15 is 0 Å². The average Bonchev–Trinajstić information content (AvgIpc) is 3.09. The summed E-state index contributed by atoms with van der Waals surface area (Å²) in [5.74, 6) is -0.657. The minimum atomic E-state index is -3.96. The van der Waals surface area contributed by atoms with Crippen LogP contribution in [0.15, 0.2) is 53.4 Å². The highest BCUT2D eigenvalue weighted by atomic mass is 32.2. The summed E-state index contributed by atoms with van der Waals surface area (Å²) in [5, 5.41) is 0.505. The van der Waals surface area contributed by atoms with Crippen molar-refractivity contribution in [2.75, 3.05) is 19.5 Å². The molecule has 33 heavy (non-hydrogen) atoms. The van der Waals surface area contributed by atoms with Crippen LogP contribution in [0.1, 0.15) is 37.1 Å². The number of carbonyl (C=O) groups excluding carboxylic acids is 1. The topological polar surface area (TPSA) is 82.6 Å². The number of ketones is 1. The molecule has 1 saturated heterocycles. The molecule has 0 aliphatic carbocycles. The Morgan fingerprint density at radius 1 is 1.12 bits per heavy atom. The average molecular weight is 468 g/mol. The van der Waals surface area contributed by atoms with Gasteiger partial charge in [0.25, 0.3) is 0 Å². The van der Waals surface area contributed by atoms with Crippen LogP contribution in [0.25, 0.3) is 10.9 Å². The molecule has 0 spiro atoms. The standard InChI is InChI=1S/C26H29NO5S/c1-17-9-12-22(31-5)20(13-17)26(15-25(3,4)16-32-26)24(28)14-33(29,30)23-8-6-7-21-19(23)11-10-18(2)27-21/h6-13H,14-16H2,1-5H3/t26-/m1/s1. The fraction of sp³-hybridized carbons (Fsp3) is 0.385. The van der Waals surface area contributed by atoms with E-state index in [0.29, 0.717) is 35.2 Å². The number of aromatic nitrogens is 1. The van der Waals surface area contributed by atoms with Crippen molar-refractivity contribution in [2.24, 2.45) is 5.41 Å². The molecular formula is C26H29NO5S. The van der Waals surface area contributed by atoms with E-state index < -0.39 is 27.0 Å². The lowest BCUT2D eigenvalue weighted by atomic mass is 9.78. The Balaban J connectivity index is 1.80. The monoisotopic (exact) mass is 467 g/mol. The molecule has 0 unspecified atom stereocenters. The van der Waals surface area contributed by atoms with E-state index in [1.54, 1.807) is 30.3 Å². The van der Waals surface area contributed by atoms with Crippen LogP contribution in [0, 0.1) is 19.3 Å². The summed E-state index contributed by atoms with van der Waals surface area (Å²) >= 11 is 0. The zero-order chi connectivity index (χ0) is 24.0. The fourth-order valence-corrected chi connectivity index (χ4v) is 6.13. The molecule has 0 bridgehead atoms. The van der Waals surface area contributed by atoms with Crippen molar-refractivity contribution in [3.63, 3.8) is 0 Å². The molecule has 6 nitrogen and oxygen atoms in total. The third kappa shape index (κ3) is 4.27. The lowest BCUT2D eigenvalue weighted by molar-refractivity contribution is -0.137. The highest BCUT2D eigenvalue weighted by Crippen LogP contribution is 2.49. The van der Waals surface area contributed by atoms with Crippen LogP contribution in [0.3, 0.4) is 0 Å². The third-order valence-corrected chi connectivity index (χ3v) is 7.83. The highest BCUT2D eigenvalue weighted by Gasteiger charge is 2.53.